The smallest absolute Gasteiger partial charge is 0.255 e. The second kappa shape index (κ2) is 5.88. The molecule has 0 spiro atoms. The number of aromatic nitrogens is 2. The summed E-state index contributed by atoms with van der Waals surface area (Å²) in [6.45, 7) is 4.38. The van der Waals surface area contributed by atoms with Crippen LogP contribution in [0.15, 0.2) is 41.1 Å². The van der Waals surface area contributed by atoms with Crippen molar-refractivity contribution in [1.29, 1.82) is 0 Å². The highest BCUT2D eigenvalue weighted by molar-refractivity contribution is 6.10. The van der Waals surface area contributed by atoms with Crippen molar-refractivity contribution >= 4 is 22.8 Å². The van der Waals surface area contributed by atoms with Crippen LogP contribution in [-0.4, -0.2) is 21.4 Å². The van der Waals surface area contributed by atoms with Gasteiger partial charge in [0.05, 0.1) is 10.9 Å². The molecule has 0 radical (unpaired) electrons. The molecular formula is C19H20N4O2. The number of carbonyl (C=O) groups excluding carboxylic acids is 1. The largest absolute Gasteiger partial charge is 0.442 e. The van der Waals surface area contributed by atoms with Crippen LogP contribution < -0.4 is 10.6 Å². The van der Waals surface area contributed by atoms with Crippen molar-refractivity contribution in [2.45, 2.75) is 38.8 Å². The van der Waals surface area contributed by atoms with E-state index in [1.165, 1.54) is 6.33 Å². The number of aryl methyl sites for hydroxylation is 1. The fraction of sp³-hybridized carbons (Fsp3) is 0.316. The van der Waals surface area contributed by atoms with Gasteiger partial charge in [0.15, 0.2) is 0 Å². The summed E-state index contributed by atoms with van der Waals surface area (Å²) < 4.78 is 5.70. The van der Waals surface area contributed by atoms with Crippen LogP contribution in [0.1, 0.15) is 41.4 Å². The van der Waals surface area contributed by atoms with E-state index in [9.17, 15) is 4.79 Å². The van der Waals surface area contributed by atoms with Crippen LogP contribution in [0.5, 0.6) is 0 Å². The van der Waals surface area contributed by atoms with E-state index in [1.807, 2.05) is 30.3 Å². The molecule has 2 heterocycles. The lowest BCUT2D eigenvalue weighted by Crippen LogP contribution is -2.24. The molecule has 1 saturated carbocycles. The Kier molecular flexibility index (Phi) is 3.67. The lowest BCUT2D eigenvalue weighted by Gasteiger charge is -2.13. The average Bonchev–Trinajstić information content (AvgIpc) is 3.22. The first kappa shape index (κ1) is 15.6. The second-order valence-corrected chi connectivity index (χ2v) is 6.79. The molecule has 1 aromatic carbocycles. The van der Waals surface area contributed by atoms with Gasteiger partial charge in [0.2, 0.25) is 5.71 Å². The van der Waals surface area contributed by atoms with E-state index < -0.39 is 0 Å². The Bertz CT molecular complexity index is 929. The van der Waals surface area contributed by atoms with Gasteiger partial charge in [0.25, 0.3) is 5.91 Å². The van der Waals surface area contributed by atoms with Gasteiger partial charge in [-0.25, -0.2) is 9.97 Å². The van der Waals surface area contributed by atoms with Gasteiger partial charge in [-0.15, -0.1) is 0 Å². The van der Waals surface area contributed by atoms with Gasteiger partial charge in [0.1, 0.15) is 17.9 Å². The zero-order valence-electron chi connectivity index (χ0n) is 14.3. The first-order valence-corrected chi connectivity index (χ1v) is 8.40. The molecule has 3 aromatic rings. The monoisotopic (exact) mass is 336 g/mol. The molecule has 4 rings (SSSR count). The molecule has 6 nitrogen and oxygen atoms in total. The number of amides is 1. The van der Waals surface area contributed by atoms with Gasteiger partial charge >= 0.3 is 0 Å². The summed E-state index contributed by atoms with van der Waals surface area (Å²) in [5, 5.41) is 7.04. The van der Waals surface area contributed by atoms with E-state index in [1.54, 1.807) is 6.92 Å². The fourth-order valence-corrected chi connectivity index (χ4v) is 2.88. The Morgan fingerprint density at radius 2 is 2.00 bits per heavy atom. The Morgan fingerprint density at radius 1 is 1.24 bits per heavy atom. The standard InChI is InChI=1S/C19H20N4O2/c1-12-14(17(24)20-10-13-6-4-3-5-7-13)15-16(23-19(2)8-9-19)21-11-22-18(15)25-12/h3-7,11H,8-10H2,1-2H3,(H,20,24)(H,21,22,23). The molecule has 6 heteroatoms. The molecule has 0 saturated heterocycles. The average molecular weight is 336 g/mol. The fourth-order valence-electron chi connectivity index (χ4n) is 2.88. The van der Waals surface area contributed by atoms with Crippen LogP contribution in [0.2, 0.25) is 0 Å². The first-order chi connectivity index (χ1) is 12.1. The molecule has 0 aliphatic heterocycles. The Hall–Kier alpha value is -2.89. The van der Waals surface area contributed by atoms with Gasteiger partial charge in [-0.05, 0) is 32.3 Å². The van der Waals surface area contributed by atoms with Crippen LogP contribution >= 0.6 is 0 Å². The molecule has 2 N–H and O–H groups in total. The van der Waals surface area contributed by atoms with E-state index in [0.29, 0.717) is 34.8 Å². The van der Waals surface area contributed by atoms with Crippen molar-refractivity contribution < 1.29 is 9.21 Å². The van der Waals surface area contributed by atoms with Crippen LogP contribution in [0.4, 0.5) is 5.82 Å². The molecule has 1 amide bonds. The third kappa shape index (κ3) is 3.07. The highest BCUT2D eigenvalue weighted by atomic mass is 16.3. The Morgan fingerprint density at radius 3 is 2.72 bits per heavy atom. The number of benzene rings is 1. The molecule has 25 heavy (non-hydrogen) atoms. The summed E-state index contributed by atoms with van der Waals surface area (Å²) in [7, 11) is 0. The van der Waals surface area contributed by atoms with Gasteiger partial charge in [-0.3, -0.25) is 4.79 Å². The molecule has 1 fully saturated rings. The minimum Gasteiger partial charge on any atom is -0.442 e. The Labute approximate surface area is 145 Å². The van der Waals surface area contributed by atoms with Gasteiger partial charge in [-0.2, -0.15) is 0 Å². The third-order valence-corrected chi connectivity index (χ3v) is 4.61. The maximum Gasteiger partial charge on any atom is 0.255 e. The van der Waals surface area contributed by atoms with Gasteiger partial charge < -0.3 is 15.1 Å². The van der Waals surface area contributed by atoms with Crippen molar-refractivity contribution in [1.82, 2.24) is 15.3 Å². The number of carbonyl (C=O) groups is 1. The first-order valence-electron chi connectivity index (χ1n) is 8.40. The SMILES string of the molecule is Cc1oc2ncnc(NC3(C)CC3)c2c1C(=O)NCc1ccccc1. The number of hydrogen-bond acceptors (Lipinski definition) is 5. The summed E-state index contributed by atoms with van der Waals surface area (Å²) in [6, 6.07) is 9.81. The van der Waals surface area contributed by atoms with Crippen molar-refractivity contribution in [3.05, 3.63) is 53.5 Å². The molecule has 1 aliphatic carbocycles. The third-order valence-electron chi connectivity index (χ3n) is 4.61. The minimum absolute atomic E-state index is 0.0459. The summed E-state index contributed by atoms with van der Waals surface area (Å²) in [6.07, 6.45) is 3.64. The molecule has 0 unspecified atom stereocenters. The van der Waals surface area contributed by atoms with Crippen molar-refractivity contribution in [2.24, 2.45) is 0 Å². The van der Waals surface area contributed by atoms with Crippen LogP contribution in [0, 0.1) is 6.92 Å². The number of fused-ring (bicyclic) bond motifs is 1. The number of anilines is 1. The predicted octanol–water partition coefficient (Wildman–Crippen LogP) is 3.43. The highest BCUT2D eigenvalue weighted by Crippen LogP contribution is 2.40. The van der Waals surface area contributed by atoms with E-state index in [4.69, 9.17) is 4.42 Å². The lowest BCUT2D eigenvalue weighted by atomic mass is 10.1. The number of rotatable bonds is 5. The molecule has 0 bridgehead atoms. The summed E-state index contributed by atoms with van der Waals surface area (Å²) in [4.78, 5) is 21.3. The number of furan rings is 1. The van der Waals surface area contributed by atoms with E-state index >= 15 is 0 Å². The van der Waals surface area contributed by atoms with Crippen LogP contribution in [0.25, 0.3) is 11.1 Å². The second-order valence-electron chi connectivity index (χ2n) is 6.79. The predicted molar refractivity (Wildman–Crippen MR) is 95.4 cm³/mol. The van der Waals surface area contributed by atoms with Crippen molar-refractivity contribution in [3.8, 4) is 0 Å². The molecule has 0 atom stereocenters. The quantitative estimate of drug-likeness (QED) is 0.746. The van der Waals surface area contributed by atoms with Gasteiger partial charge in [-0.1, -0.05) is 30.3 Å². The Balaban J connectivity index is 1.66. The maximum atomic E-state index is 12.8. The molecule has 128 valence electrons. The van der Waals surface area contributed by atoms with Crippen molar-refractivity contribution in [2.75, 3.05) is 5.32 Å². The molecule has 2 aromatic heterocycles. The normalized spacial score (nSPS) is 15.1. The number of nitrogens with one attached hydrogen (secondary N) is 2. The van der Waals surface area contributed by atoms with Crippen molar-refractivity contribution in [3.63, 3.8) is 0 Å². The summed E-state index contributed by atoms with van der Waals surface area (Å²) in [5.41, 5.74) is 2.02. The minimum atomic E-state index is -0.182. The maximum absolute atomic E-state index is 12.8. The van der Waals surface area contributed by atoms with Gasteiger partial charge in [0, 0.05) is 12.1 Å². The number of nitrogens with zero attached hydrogens (tertiary/aromatic N) is 2. The van der Waals surface area contributed by atoms with E-state index in [0.717, 1.165) is 18.4 Å². The zero-order valence-corrected chi connectivity index (χ0v) is 14.3. The zero-order chi connectivity index (χ0) is 17.4. The van der Waals surface area contributed by atoms with E-state index in [2.05, 4.69) is 27.5 Å². The summed E-state index contributed by atoms with van der Waals surface area (Å²) in [5.74, 6) is 1.02. The lowest BCUT2D eigenvalue weighted by molar-refractivity contribution is 0.0951. The van der Waals surface area contributed by atoms with E-state index in [-0.39, 0.29) is 11.4 Å². The molecule has 1 aliphatic rings. The number of hydrogen-bond donors (Lipinski definition) is 2. The van der Waals surface area contributed by atoms with Crippen LogP contribution in [0.3, 0.4) is 0 Å². The highest BCUT2D eigenvalue weighted by Gasteiger charge is 2.38. The van der Waals surface area contributed by atoms with Crippen LogP contribution in [-0.2, 0) is 6.54 Å². The topological polar surface area (TPSA) is 80.1 Å². The summed E-state index contributed by atoms with van der Waals surface area (Å²) >= 11 is 0. The molecular weight excluding hydrogens is 316 g/mol.